The van der Waals surface area contributed by atoms with E-state index in [2.05, 4.69) is 28.5 Å². The Kier molecular flexibility index (Phi) is 8.07. The third kappa shape index (κ3) is 5.81. The summed E-state index contributed by atoms with van der Waals surface area (Å²) < 4.78 is 41.6. The zero-order chi connectivity index (χ0) is 29.5. The van der Waals surface area contributed by atoms with E-state index in [0.717, 1.165) is 16.7 Å². The van der Waals surface area contributed by atoms with Gasteiger partial charge in [-0.3, -0.25) is 4.79 Å². The van der Waals surface area contributed by atoms with E-state index >= 15 is 0 Å². The predicted molar refractivity (Wildman–Crippen MR) is 158 cm³/mol. The summed E-state index contributed by atoms with van der Waals surface area (Å²) in [6, 6.07) is 11.8. The van der Waals surface area contributed by atoms with Crippen LogP contribution < -0.4 is 9.46 Å². The zero-order valence-electron chi connectivity index (χ0n) is 24.5. The van der Waals surface area contributed by atoms with Crippen molar-refractivity contribution in [2.24, 2.45) is 5.92 Å². The number of ether oxygens (including phenoxy) is 2. The molecule has 3 aromatic rings. The molecule has 2 aliphatic rings. The number of fused-ring (bicyclic) bond motifs is 4. The number of aromatic nitrogens is 2. The minimum atomic E-state index is -4.11. The summed E-state index contributed by atoms with van der Waals surface area (Å²) in [5.41, 5.74) is 4.52. The Morgan fingerprint density at radius 1 is 1.07 bits per heavy atom. The molecule has 2 heterocycles. The molecule has 0 unspecified atom stereocenters. The van der Waals surface area contributed by atoms with Gasteiger partial charge in [-0.15, -0.1) is 0 Å². The van der Waals surface area contributed by atoms with Crippen LogP contribution in [0.1, 0.15) is 60.2 Å². The standard InChI is InChI=1S/C31H38N4O5S/c1-18(2)13-24-17-40-29-21(5)28(27-19(3)9-7-10-20(27)4)32-31(33-29)34-41(37,38)26-12-8-11-22(14-26)30(36)35(24)23-15-25(16-23)39-6/h7-12,14,18,23-25H,13,15-17H2,1-6H3,(H,32,33,34)/t23?,24-,25?/m1/s1. The molecule has 218 valence electrons. The summed E-state index contributed by atoms with van der Waals surface area (Å²) in [5, 5.41) is 0. The van der Waals surface area contributed by atoms with Crippen molar-refractivity contribution in [3.63, 3.8) is 0 Å². The van der Waals surface area contributed by atoms with E-state index in [1.165, 1.54) is 12.1 Å². The van der Waals surface area contributed by atoms with Crippen molar-refractivity contribution in [2.45, 2.75) is 77.0 Å². The van der Waals surface area contributed by atoms with Gasteiger partial charge in [0.1, 0.15) is 6.61 Å². The Labute approximate surface area is 242 Å². The van der Waals surface area contributed by atoms with Crippen LogP contribution in [-0.4, -0.2) is 61.1 Å². The van der Waals surface area contributed by atoms with Crippen molar-refractivity contribution in [3.05, 3.63) is 64.7 Å². The summed E-state index contributed by atoms with van der Waals surface area (Å²) >= 11 is 0. The van der Waals surface area contributed by atoms with E-state index in [-0.39, 0.29) is 53.3 Å². The molecule has 1 aliphatic heterocycles. The van der Waals surface area contributed by atoms with Crippen molar-refractivity contribution < 1.29 is 22.7 Å². The lowest BCUT2D eigenvalue weighted by Crippen LogP contribution is -2.56. The molecule has 0 spiro atoms. The second-order valence-electron chi connectivity index (χ2n) is 11.5. The summed E-state index contributed by atoms with van der Waals surface area (Å²) in [6.45, 7) is 10.3. The summed E-state index contributed by atoms with van der Waals surface area (Å²) in [7, 11) is -2.43. The van der Waals surface area contributed by atoms with Gasteiger partial charge in [-0.25, -0.2) is 18.1 Å². The highest BCUT2D eigenvalue weighted by Gasteiger charge is 2.41. The van der Waals surface area contributed by atoms with Gasteiger partial charge in [-0.1, -0.05) is 38.1 Å². The van der Waals surface area contributed by atoms with E-state index in [1.54, 1.807) is 19.2 Å². The minimum absolute atomic E-state index is 0.0356. The van der Waals surface area contributed by atoms with Crippen molar-refractivity contribution >= 4 is 21.9 Å². The zero-order valence-corrected chi connectivity index (χ0v) is 25.3. The quantitative estimate of drug-likeness (QED) is 0.438. The average molecular weight is 579 g/mol. The molecule has 0 saturated heterocycles. The Morgan fingerprint density at radius 2 is 1.76 bits per heavy atom. The molecule has 1 N–H and O–H groups in total. The summed E-state index contributed by atoms with van der Waals surface area (Å²) in [6.07, 6.45) is 2.21. The first-order valence-electron chi connectivity index (χ1n) is 14.0. The molecule has 1 aliphatic carbocycles. The van der Waals surface area contributed by atoms with Gasteiger partial charge in [0.25, 0.3) is 15.9 Å². The number of rotatable bonds is 5. The van der Waals surface area contributed by atoms with Crippen molar-refractivity contribution in [2.75, 3.05) is 18.4 Å². The maximum atomic E-state index is 14.1. The molecular formula is C31H38N4O5S. The Balaban J connectivity index is 1.68. The highest BCUT2D eigenvalue weighted by atomic mass is 32.2. The lowest BCUT2D eigenvalue weighted by molar-refractivity contribution is -0.0390. The molecule has 9 nitrogen and oxygen atoms in total. The molecule has 10 heteroatoms. The molecule has 5 rings (SSSR count). The molecule has 1 amide bonds. The SMILES string of the molecule is COC1CC(N2C(=O)c3cccc(c3)S(=O)(=O)Nc3nc(c(C)c(-c4c(C)cccc4C)n3)OC[C@H]2CC(C)C)C1. The van der Waals surface area contributed by atoms with Crippen molar-refractivity contribution in [1.82, 2.24) is 14.9 Å². The van der Waals surface area contributed by atoms with Crippen LogP contribution in [0.2, 0.25) is 0 Å². The van der Waals surface area contributed by atoms with Gasteiger partial charge >= 0.3 is 0 Å². The molecule has 1 atom stereocenters. The van der Waals surface area contributed by atoms with Gasteiger partial charge in [-0.2, -0.15) is 4.98 Å². The number of aryl methyl sites for hydroxylation is 2. The van der Waals surface area contributed by atoms with Crippen LogP contribution in [0.5, 0.6) is 5.88 Å². The fourth-order valence-corrected chi connectivity index (χ4v) is 6.80. The molecule has 1 fully saturated rings. The molecule has 2 aromatic carbocycles. The molecule has 4 bridgehead atoms. The van der Waals surface area contributed by atoms with E-state index in [9.17, 15) is 13.2 Å². The van der Waals surface area contributed by atoms with Gasteiger partial charge in [0, 0.05) is 29.8 Å². The van der Waals surface area contributed by atoms with E-state index in [4.69, 9.17) is 9.47 Å². The van der Waals surface area contributed by atoms with Gasteiger partial charge in [0.05, 0.1) is 22.7 Å². The molecule has 1 saturated carbocycles. The number of amides is 1. The van der Waals surface area contributed by atoms with Crippen LogP contribution in [0.4, 0.5) is 5.95 Å². The highest BCUT2D eigenvalue weighted by molar-refractivity contribution is 7.92. The van der Waals surface area contributed by atoms with Gasteiger partial charge in [0.15, 0.2) is 0 Å². The maximum Gasteiger partial charge on any atom is 0.264 e. The number of hydrogen-bond donors (Lipinski definition) is 1. The van der Waals surface area contributed by atoms with Gasteiger partial charge in [0.2, 0.25) is 11.8 Å². The molecule has 41 heavy (non-hydrogen) atoms. The fourth-order valence-electron chi connectivity index (χ4n) is 5.81. The molecule has 1 aromatic heterocycles. The predicted octanol–water partition coefficient (Wildman–Crippen LogP) is 5.30. The van der Waals surface area contributed by atoms with E-state index in [0.29, 0.717) is 36.1 Å². The smallest absolute Gasteiger partial charge is 0.264 e. The van der Waals surface area contributed by atoms with Crippen LogP contribution in [-0.2, 0) is 14.8 Å². The number of sulfonamides is 1. The average Bonchev–Trinajstić information content (AvgIpc) is 2.89. The van der Waals surface area contributed by atoms with Crippen molar-refractivity contribution in [3.8, 4) is 17.1 Å². The van der Waals surface area contributed by atoms with E-state index in [1.807, 2.05) is 43.9 Å². The Hall–Kier alpha value is -3.50. The first-order valence-corrected chi connectivity index (χ1v) is 15.5. The third-order valence-electron chi connectivity index (χ3n) is 8.02. The molecular weight excluding hydrogens is 540 g/mol. The number of benzene rings is 2. The highest BCUT2D eigenvalue weighted by Crippen LogP contribution is 2.36. The first-order chi connectivity index (χ1) is 19.5. The summed E-state index contributed by atoms with van der Waals surface area (Å²) in [5.74, 6) is 0.263. The Bertz CT molecular complexity index is 1550. The minimum Gasteiger partial charge on any atom is -0.475 e. The number of carbonyl (C=O) groups is 1. The van der Waals surface area contributed by atoms with Crippen LogP contribution in [0, 0.1) is 26.7 Å². The maximum absolute atomic E-state index is 14.1. The second kappa shape index (κ2) is 11.4. The number of methoxy groups -OCH3 is 1. The van der Waals surface area contributed by atoms with Gasteiger partial charge < -0.3 is 14.4 Å². The second-order valence-corrected chi connectivity index (χ2v) is 13.2. The van der Waals surface area contributed by atoms with Gasteiger partial charge in [-0.05, 0) is 75.3 Å². The number of nitrogens with zero attached hydrogens (tertiary/aromatic N) is 3. The van der Waals surface area contributed by atoms with Crippen LogP contribution in [0.25, 0.3) is 11.3 Å². The van der Waals surface area contributed by atoms with Crippen molar-refractivity contribution in [1.29, 1.82) is 0 Å². The van der Waals surface area contributed by atoms with E-state index < -0.39 is 10.0 Å². The fraction of sp³-hybridized carbons (Fsp3) is 0.452. The summed E-state index contributed by atoms with van der Waals surface area (Å²) in [4.78, 5) is 25.2. The largest absolute Gasteiger partial charge is 0.475 e. The third-order valence-corrected chi connectivity index (χ3v) is 9.34. The first kappa shape index (κ1) is 29.0. The number of anilines is 1. The van der Waals surface area contributed by atoms with Crippen LogP contribution in [0.15, 0.2) is 47.4 Å². The Morgan fingerprint density at radius 3 is 2.41 bits per heavy atom. The van der Waals surface area contributed by atoms with Crippen LogP contribution in [0.3, 0.4) is 0 Å². The van der Waals surface area contributed by atoms with Crippen LogP contribution >= 0.6 is 0 Å². The monoisotopic (exact) mass is 578 g/mol. The number of hydrogen-bond acceptors (Lipinski definition) is 7. The number of carbonyl (C=O) groups excluding carboxylic acids is 1. The topological polar surface area (TPSA) is 111 Å². The molecule has 0 radical (unpaired) electrons. The lowest BCUT2D eigenvalue weighted by Gasteiger charge is -2.46. The number of nitrogens with one attached hydrogen (secondary N) is 1. The normalized spacial score (nSPS) is 22.1. The lowest BCUT2D eigenvalue weighted by atomic mass is 9.85.